The molecule has 0 fully saturated rings. The summed E-state index contributed by atoms with van der Waals surface area (Å²) in [7, 11) is 0. The number of carbonyl (C=O) groups excluding carboxylic acids is 2. The molecule has 4 rings (SSSR count). The molecule has 8 nitrogen and oxygen atoms in total. The Morgan fingerprint density at radius 1 is 1.06 bits per heavy atom. The predicted octanol–water partition coefficient (Wildman–Crippen LogP) is 4.24. The average Bonchev–Trinajstić information content (AvgIpc) is 2.80. The minimum Gasteiger partial charge on any atom is -0.427 e. The first-order valence-corrected chi connectivity index (χ1v) is 10.1. The molecule has 0 aliphatic heterocycles. The lowest BCUT2D eigenvalue weighted by molar-refractivity contribution is -0.134. The highest BCUT2D eigenvalue weighted by Gasteiger charge is 2.15. The van der Waals surface area contributed by atoms with Gasteiger partial charge in [-0.2, -0.15) is 0 Å². The number of nitrogens with zero attached hydrogens (tertiary/aromatic N) is 3. The van der Waals surface area contributed by atoms with Crippen LogP contribution in [0.3, 0.4) is 0 Å². The van der Waals surface area contributed by atoms with Crippen molar-refractivity contribution in [1.82, 2.24) is 15.0 Å². The average molecular weight is 427 g/mol. The molecule has 0 unspecified atom stereocenters. The Hall–Kier alpha value is -4.33. The van der Waals surface area contributed by atoms with E-state index in [1.807, 2.05) is 13.0 Å². The van der Waals surface area contributed by atoms with Crippen LogP contribution in [0.25, 0.3) is 22.3 Å². The number of benzene rings is 2. The van der Waals surface area contributed by atoms with Crippen molar-refractivity contribution in [2.45, 2.75) is 19.8 Å². The number of primary amides is 1. The first-order valence-electron chi connectivity index (χ1n) is 10.1. The van der Waals surface area contributed by atoms with Crippen molar-refractivity contribution in [3.8, 4) is 17.1 Å². The molecular formula is C24H21N5O3. The number of pyridine rings is 1. The van der Waals surface area contributed by atoms with Crippen molar-refractivity contribution >= 4 is 34.3 Å². The fourth-order valence-electron chi connectivity index (χ4n) is 3.21. The number of hydrogen-bond acceptors (Lipinski definition) is 7. The SMILES string of the molecule is CCCC(=O)Oc1ccc2nc(-c3cccnc3)nc(Nc3ccccc3C(N)=O)c2c1. The zero-order chi connectivity index (χ0) is 22.5. The van der Waals surface area contributed by atoms with Gasteiger partial charge in [0.2, 0.25) is 0 Å². The molecule has 0 saturated carbocycles. The molecular weight excluding hydrogens is 406 g/mol. The number of esters is 1. The molecule has 8 heteroatoms. The first kappa shape index (κ1) is 20.9. The van der Waals surface area contributed by atoms with Crippen molar-refractivity contribution in [3.05, 3.63) is 72.6 Å². The summed E-state index contributed by atoms with van der Waals surface area (Å²) in [6.45, 7) is 1.91. The molecule has 0 radical (unpaired) electrons. The fourth-order valence-corrected chi connectivity index (χ4v) is 3.21. The Morgan fingerprint density at radius 3 is 2.66 bits per heavy atom. The summed E-state index contributed by atoms with van der Waals surface area (Å²) in [5.74, 6) is 0.415. The Morgan fingerprint density at radius 2 is 1.91 bits per heavy atom. The van der Waals surface area contributed by atoms with Crippen LogP contribution in [0.15, 0.2) is 67.0 Å². The lowest BCUT2D eigenvalue weighted by atomic mass is 10.1. The number of nitrogens with two attached hydrogens (primary N) is 1. The van der Waals surface area contributed by atoms with Crippen LogP contribution in [-0.4, -0.2) is 26.8 Å². The van der Waals surface area contributed by atoms with E-state index in [9.17, 15) is 9.59 Å². The van der Waals surface area contributed by atoms with Crippen molar-refractivity contribution in [3.63, 3.8) is 0 Å². The zero-order valence-electron chi connectivity index (χ0n) is 17.4. The minimum atomic E-state index is -0.562. The second-order valence-corrected chi connectivity index (χ2v) is 7.08. The van der Waals surface area contributed by atoms with E-state index in [1.54, 1.807) is 60.9 Å². The second-order valence-electron chi connectivity index (χ2n) is 7.08. The Labute approximate surface area is 184 Å². The van der Waals surface area contributed by atoms with E-state index in [-0.39, 0.29) is 5.97 Å². The lowest BCUT2D eigenvalue weighted by Gasteiger charge is -2.14. The number of amides is 1. The summed E-state index contributed by atoms with van der Waals surface area (Å²) in [5, 5.41) is 3.82. The molecule has 1 amide bonds. The van der Waals surface area contributed by atoms with Crippen LogP contribution in [-0.2, 0) is 4.79 Å². The van der Waals surface area contributed by atoms with E-state index < -0.39 is 5.91 Å². The smallest absolute Gasteiger partial charge is 0.311 e. The third-order valence-corrected chi connectivity index (χ3v) is 4.72. The van der Waals surface area contributed by atoms with E-state index in [1.165, 1.54) is 0 Å². The summed E-state index contributed by atoms with van der Waals surface area (Å²) in [6.07, 6.45) is 4.36. The van der Waals surface area contributed by atoms with Gasteiger partial charge in [-0.3, -0.25) is 14.6 Å². The third kappa shape index (κ3) is 4.54. The van der Waals surface area contributed by atoms with Crippen LogP contribution in [0.1, 0.15) is 30.1 Å². The summed E-state index contributed by atoms with van der Waals surface area (Å²) in [5.41, 5.74) is 7.73. The molecule has 0 bridgehead atoms. The van der Waals surface area contributed by atoms with Gasteiger partial charge in [-0.1, -0.05) is 19.1 Å². The zero-order valence-corrected chi connectivity index (χ0v) is 17.4. The van der Waals surface area contributed by atoms with Gasteiger partial charge in [0.1, 0.15) is 11.6 Å². The van der Waals surface area contributed by atoms with E-state index in [0.717, 1.165) is 5.56 Å². The highest BCUT2D eigenvalue weighted by atomic mass is 16.5. The van der Waals surface area contributed by atoms with Crippen LogP contribution in [0.5, 0.6) is 5.75 Å². The predicted molar refractivity (Wildman–Crippen MR) is 122 cm³/mol. The minimum absolute atomic E-state index is 0.312. The number of aromatic nitrogens is 3. The third-order valence-electron chi connectivity index (χ3n) is 4.72. The molecule has 0 saturated heterocycles. The molecule has 0 atom stereocenters. The first-order chi connectivity index (χ1) is 15.5. The number of ether oxygens (including phenoxy) is 1. The Bertz CT molecular complexity index is 1290. The Balaban J connectivity index is 1.84. The molecule has 4 aromatic rings. The number of nitrogens with one attached hydrogen (secondary N) is 1. The molecule has 0 spiro atoms. The Kier molecular flexibility index (Phi) is 6.03. The lowest BCUT2D eigenvalue weighted by Crippen LogP contribution is -2.13. The van der Waals surface area contributed by atoms with E-state index >= 15 is 0 Å². The van der Waals surface area contributed by atoms with Crippen LogP contribution < -0.4 is 15.8 Å². The molecule has 2 aromatic heterocycles. The van der Waals surface area contributed by atoms with Gasteiger partial charge in [-0.05, 0) is 48.9 Å². The molecule has 0 aliphatic carbocycles. The second kappa shape index (κ2) is 9.22. The molecule has 2 heterocycles. The van der Waals surface area contributed by atoms with Gasteiger partial charge in [0, 0.05) is 29.8 Å². The van der Waals surface area contributed by atoms with Crippen molar-refractivity contribution in [2.24, 2.45) is 5.73 Å². The maximum Gasteiger partial charge on any atom is 0.311 e. The molecule has 3 N–H and O–H groups in total. The van der Waals surface area contributed by atoms with Gasteiger partial charge >= 0.3 is 5.97 Å². The monoisotopic (exact) mass is 427 g/mol. The quantitative estimate of drug-likeness (QED) is 0.334. The van der Waals surface area contributed by atoms with Crippen LogP contribution in [0.2, 0.25) is 0 Å². The van der Waals surface area contributed by atoms with E-state index in [0.29, 0.717) is 52.4 Å². The summed E-state index contributed by atoms with van der Waals surface area (Å²) < 4.78 is 5.44. The summed E-state index contributed by atoms with van der Waals surface area (Å²) in [4.78, 5) is 37.3. The summed E-state index contributed by atoms with van der Waals surface area (Å²) >= 11 is 0. The normalized spacial score (nSPS) is 10.7. The van der Waals surface area contributed by atoms with Gasteiger partial charge in [-0.25, -0.2) is 9.97 Å². The number of para-hydroxylation sites is 1. The number of carbonyl (C=O) groups is 2. The van der Waals surface area contributed by atoms with Crippen molar-refractivity contribution in [2.75, 3.05) is 5.32 Å². The topological polar surface area (TPSA) is 120 Å². The van der Waals surface area contributed by atoms with Crippen LogP contribution >= 0.6 is 0 Å². The van der Waals surface area contributed by atoms with Crippen molar-refractivity contribution < 1.29 is 14.3 Å². The van der Waals surface area contributed by atoms with Crippen LogP contribution in [0.4, 0.5) is 11.5 Å². The fraction of sp³-hybridized carbons (Fsp3) is 0.125. The van der Waals surface area contributed by atoms with Gasteiger partial charge in [0.15, 0.2) is 5.82 Å². The largest absolute Gasteiger partial charge is 0.427 e. The van der Waals surface area contributed by atoms with Gasteiger partial charge in [0.05, 0.1) is 16.8 Å². The maximum absolute atomic E-state index is 12.0. The highest BCUT2D eigenvalue weighted by molar-refractivity contribution is 6.01. The standard InChI is InChI=1S/C24H21N5O3/c1-2-6-21(30)32-16-10-11-20-18(13-16)24(28-19-9-4-3-8-17(19)22(25)31)29-23(27-20)15-7-5-12-26-14-15/h3-5,7-14H,2,6H2,1H3,(H2,25,31)(H,27,28,29). The number of hydrogen-bond donors (Lipinski definition) is 2. The van der Waals surface area contributed by atoms with E-state index in [4.69, 9.17) is 10.5 Å². The van der Waals surface area contributed by atoms with Crippen molar-refractivity contribution in [1.29, 1.82) is 0 Å². The number of rotatable bonds is 7. The van der Waals surface area contributed by atoms with Gasteiger partial charge in [0.25, 0.3) is 5.91 Å². The molecule has 0 aliphatic rings. The van der Waals surface area contributed by atoms with Crippen LogP contribution in [0, 0.1) is 0 Å². The molecule has 2 aromatic carbocycles. The van der Waals surface area contributed by atoms with Gasteiger partial charge in [-0.15, -0.1) is 0 Å². The summed E-state index contributed by atoms with van der Waals surface area (Å²) in [6, 6.07) is 15.7. The number of anilines is 2. The number of fused-ring (bicyclic) bond motifs is 1. The highest BCUT2D eigenvalue weighted by Crippen LogP contribution is 2.31. The molecule has 160 valence electrons. The van der Waals surface area contributed by atoms with E-state index in [2.05, 4.69) is 20.3 Å². The maximum atomic E-state index is 12.0. The molecule has 32 heavy (non-hydrogen) atoms. The van der Waals surface area contributed by atoms with Gasteiger partial charge < -0.3 is 15.8 Å².